The second-order valence-corrected chi connectivity index (χ2v) is 3.93. The van der Waals surface area contributed by atoms with Crippen molar-refractivity contribution in [2.75, 3.05) is 6.54 Å². The molecule has 0 aliphatic rings. The van der Waals surface area contributed by atoms with E-state index < -0.39 is 0 Å². The van der Waals surface area contributed by atoms with Crippen LogP contribution in [0.2, 0.25) is 0 Å². The van der Waals surface area contributed by atoms with E-state index in [2.05, 4.69) is 29.3 Å². The van der Waals surface area contributed by atoms with Crippen LogP contribution in [0.5, 0.6) is 0 Å². The summed E-state index contributed by atoms with van der Waals surface area (Å²) in [7, 11) is 0. The molecule has 1 aromatic heterocycles. The van der Waals surface area contributed by atoms with Crippen molar-refractivity contribution < 1.29 is 0 Å². The predicted molar refractivity (Wildman–Crippen MR) is 67.0 cm³/mol. The lowest BCUT2D eigenvalue weighted by Gasteiger charge is -2.06. The van der Waals surface area contributed by atoms with Gasteiger partial charge in [-0.15, -0.1) is 12.3 Å². The summed E-state index contributed by atoms with van der Waals surface area (Å²) < 4.78 is 2.05. The highest BCUT2D eigenvalue weighted by Crippen LogP contribution is 2.03. The molecule has 0 atom stereocenters. The van der Waals surface area contributed by atoms with E-state index in [-0.39, 0.29) is 0 Å². The number of aromatic nitrogens is 2. The minimum Gasteiger partial charge on any atom is -0.311 e. The molecule has 0 fully saturated rings. The van der Waals surface area contributed by atoms with Gasteiger partial charge in [-0.05, 0) is 39.3 Å². The fourth-order valence-corrected chi connectivity index (χ4v) is 1.71. The quantitative estimate of drug-likeness (QED) is 0.562. The largest absolute Gasteiger partial charge is 0.311 e. The Balaban J connectivity index is 2.24. The molecule has 1 aromatic rings. The maximum Gasteiger partial charge on any atom is 0.0597 e. The minimum atomic E-state index is 0.883. The average molecular weight is 219 g/mol. The number of rotatable bonds is 7. The van der Waals surface area contributed by atoms with Crippen molar-refractivity contribution in [1.29, 1.82) is 0 Å². The van der Waals surface area contributed by atoms with Gasteiger partial charge >= 0.3 is 0 Å². The van der Waals surface area contributed by atoms with Crippen LogP contribution in [0.25, 0.3) is 0 Å². The van der Waals surface area contributed by atoms with E-state index in [9.17, 15) is 0 Å². The van der Waals surface area contributed by atoms with E-state index >= 15 is 0 Å². The van der Waals surface area contributed by atoms with Crippen LogP contribution < -0.4 is 5.32 Å². The van der Waals surface area contributed by atoms with Crippen LogP contribution in [0.1, 0.15) is 37.6 Å². The SMILES string of the molecule is C#CCCCCNCc1cc(C)nn1CC. The van der Waals surface area contributed by atoms with E-state index in [1.165, 1.54) is 5.69 Å². The number of unbranched alkanes of at least 4 members (excludes halogenated alkanes) is 2. The highest BCUT2D eigenvalue weighted by molar-refractivity contribution is 5.08. The summed E-state index contributed by atoms with van der Waals surface area (Å²) in [6.45, 7) is 6.99. The average Bonchev–Trinajstić information content (AvgIpc) is 2.64. The number of terminal acetylenes is 1. The first-order chi connectivity index (χ1) is 7.77. The summed E-state index contributed by atoms with van der Waals surface area (Å²) in [5, 5.41) is 7.83. The van der Waals surface area contributed by atoms with Gasteiger partial charge in [0.05, 0.1) is 11.4 Å². The zero-order valence-electron chi connectivity index (χ0n) is 10.3. The Hall–Kier alpha value is -1.27. The molecule has 1 rings (SSSR count). The van der Waals surface area contributed by atoms with E-state index in [1.807, 2.05) is 11.6 Å². The highest BCUT2D eigenvalue weighted by atomic mass is 15.3. The van der Waals surface area contributed by atoms with E-state index in [0.29, 0.717) is 0 Å². The van der Waals surface area contributed by atoms with Gasteiger partial charge in [-0.1, -0.05) is 0 Å². The Morgan fingerprint density at radius 1 is 1.50 bits per heavy atom. The summed E-state index contributed by atoms with van der Waals surface area (Å²) in [5.74, 6) is 2.66. The molecule has 3 nitrogen and oxygen atoms in total. The van der Waals surface area contributed by atoms with Crippen LogP contribution in [0, 0.1) is 19.3 Å². The minimum absolute atomic E-state index is 0.883. The molecule has 0 unspecified atom stereocenters. The topological polar surface area (TPSA) is 29.9 Å². The molecule has 0 aliphatic heterocycles. The summed E-state index contributed by atoms with van der Waals surface area (Å²) in [5.41, 5.74) is 2.35. The van der Waals surface area contributed by atoms with E-state index in [4.69, 9.17) is 6.42 Å². The Morgan fingerprint density at radius 2 is 2.31 bits per heavy atom. The van der Waals surface area contributed by atoms with Gasteiger partial charge in [0.15, 0.2) is 0 Å². The molecule has 0 radical (unpaired) electrons. The van der Waals surface area contributed by atoms with Crippen molar-refractivity contribution in [2.45, 2.75) is 46.2 Å². The van der Waals surface area contributed by atoms with Gasteiger partial charge < -0.3 is 5.32 Å². The molecule has 1 N–H and O–H groups in total. The van der Waals surface area contributed by atoms with Crippen LogP contribution in [0.3, 0.4) is 0 Å². The fourth-order valence-electron chi connectivity index (χ4n) is 1.71. The second kappa shape index (κ2) is 7.08. The van der Waals surface area contributed by atoms with Gasteiger partial charge in [0, 0.05) is 19.5 Å². The monoisotopic (exact) mass is 219 g/mol. The lowest BCUT2D eigenvalue weighted by Crippen LogP contribution is -2.17. The standard InChI is InChI=1S/C13H21N3/c1-4-6-7-8-9-14-11-13-10-12(3)15-16(13)5-2/h1,10,14H,5-9,11H2,2-3H3. The third kappa shape index (κ3) is 4.08. The molecule has 0 aromatic carbocycles. The number of hydrogen-bond acceptors (Lipinski definition) is 2. The van der Waals surface area contributed by atoms with Crippen molar-refractivity contribution >= 4 is 0 Å². The first-order valence-corrected chi connectivity index (χ1v) is 5.95. The zero-order chi connectivity index (χ0) is 11.8. The molecule has 0 amide bonds. The number of nitrogens with zero attached hydrogens (tertiary/aromatic N) is 2. The van der Waals surface area contributed by atoms with Gasteiger partial charge in [0.2, 0.25) is 0 Å². The van der Waals surface area contributed by atoms with Gasteiger partial charge in [-0.2, -0.15) is 5.10 Å². The first kappa shape index (κ1) is 12.8. The third-order valence-electron chi connectivity index (χ3n) is 2.52. The van der Waals surface area contributed by atoms with Crippen LogP contribution in [-0.2, 0) is 13.1 Å². The molecule has 3 heteroatoms. The Labute approximate surface area is 98.2 Å². The second-order valence-electron chi connectivity index (χ2n) is 3.93. The molecular weight excluding hydrogens is 198 g/mol. The van der Waals surface area contributed by atoms with Gasteiger partial charge in [-0.3, -0.25) is 4.68 Å². The van der Waals surface area contributed by atoms with E-state index in [1.54, 1.807) is 0 Å². The maximum absolute atomic E-state index is 5.19. The van der Waals surface area contributed by atoms with Crippen molar-refractivity contribution in [1.82, 2.24) is 15.1 Å². The lowest BCUT2D eigenvalue weighted by atomic mass is 10.2. The Morgan fingerprint density at radius 3 is 3.00 bits per heavy atom. The predicted octanol–water partition coefficient (Wildman–Crippen LogP) is 2.10. The maximum atomic E-state index is 5.19. The highest BCUT2D eigenvalue weighted by Gasteiger charge is 2.02. The Kier molecular flexibility index (Phi) is 5.66. The summed E-state index contributed by atoms with van der Waals surface area (Å²) in [6.07, 6.45) is 8.32. The number of hydrogen-bond donors (Lipinski definition) is 1. The molecule has 0 aliphatic carbocycles. The first-order valence-electron chi connectivity index (χ1n) is 5.95. The molecule has 16 heavy (non-hydrogen) atoms. The summed E-state index contributed by atoms with van der Waals surface area (Å²) in [6, 6.07) is 2.14. The lowest BCUT2D eigenvalue weighted by molar-refractivity contribution is 0.566. The van der Waals surface area contributed by atoms with Gasteiger partial charge in [0.1, 0.15) is 0 Å². The Bertz CT molecular complexity index is 347. The van der Waals surface area contributed by atoms with Crippen molar-refractivity contribution in [3.8, 4) is 12.3 Å². The third-order valence-corrected chi connectivity index (χ3v) is 2.52. The normalized spacial score (nSPS) is 10.3. The van der Waals surface area contributed by atoms with Crippen LogP contribution >= 0.6 is 0 Å². The van der Waals surface area contributed by atoms with E-state index in [0.717, 1.165) is 44.6 Å². The van der Waals surface area contributed by atoms with Crippen LogP contribution in [0.15, 0.2) is 6.07 Å². The molecule has 0 saturated carbocycles. The molecule has 0 bridgehead atoms. The van der Waals surface area contributed by atoms with Gasteiger partial charge in [0.25, 0.3) is 0 Å². The smallest absolute Gasteiger partial charge is 0.0597 e. The number of nitrogens with one attached hydrogen (secondary N) is 1. The van der Waals surface area contributed by atoms with Crippen molar-refractivity contribution in [2.24, 2.45) is 0 Å². The van der Waals surface area contributed by atoms with Crippen LogP contribution in [0.4, 0.5) is 0 Å². The number of aryl methyl sites for hydroxylation is 2. The summed E-state index contributed by atoms with van der Waals surface area (Å²) >= 11 is 0. The van der Waals surface area contributed by atoms with Crippen LogP contribution in [-0.4, -0.2) is 16.3 Å². The molecule has 1 heterocycles. The van der Waals surface area contributed by atoms with Crippen molar-refractivity contribution in [3.05, 3.63) is 17.5 Å². The summed E-state index contributed by atoms with van der Waals surface area (Å²) in [4.78, 5) is 0. The van der Waals surface area contributed by atoms with Gasteiger partial charge in [-0.25, -0.2) is 0 Å². The molecule has 88 valence electrons. The van der Waals surface area contributed by atoms with Crippen molar-refractivity contribution in [3.63, 3.8) is 0 Å². The molecular formula is C13H21N3. The molecule has 0 saturated heterocycles. The zero-order valence-corrected chi connectivity index (χ0v) is 10.3. The fraction of sp³-hybridized carbons (Fsp3) is 0.615. The molecule has 0 spiro atoms.